The van der Waals surface area contributed by atoms with Gasteiger partial charge in [0.25, 0.3) is 0 Å². The first-order chi connectivity index (χ1) is 36.6. The third-order valence-electron chi connectivity index (χ3n) is 12.9. The van der Waals surface area contributed by atoms with E-state index >= 15 is 0 Å². The van der Waals surface area contributed by atoms with Gasteiger partial charge in [-0.25, -0.2) is 0 Å². The van der Waals surface area contributed by atoms with Gasteiger partial charge in [-0.2, -0.15) is 0 Å². The van der Waals surface area contributed by atoms with Gasteiger partial charge >= 0.3 is 218 Å². The van der Waals surface area contributed by atoms with Gasteiger partial charge in [0.1, 0.15) is 0 Å². The Balaban J connectivity index is 0.000000319. The van der Waals surface area contributed by atoms with E-state index in [1.54, 1.807) is 22.7 Å². The molecule has 2 heteroatoms. The molecule has 0 aromatic heterocycles. The Morgan fingerprint density at radius 3 is 1.79 bits per heavy atom. The van der Waals surface area contributed by atoms with Crippen LogP contribution in [0.5, 0.6) is 0 Å². The molecule has 0 bridgehead atoms. The second-order valence-electron chi connectivity index (χ2n) is 17.8. The molecule has 0 fully saturated rings. The first-order valence-corrected chi connectivity index (χ1v) is 26.8. The Morgan fingerprint density at radius 1 is 0.573 bits per heavy atom. The number of hydrogen-bond acceptors (Lipinski definition) is 0. The summed E-state index contributed by atoms with van der Waals surface area (Å²) in [5.41, 5.74) is 24.3. The predicted octanol–water partition coefficient (Wildman–Crippen LogP) is 19.4. The van der Waals surface area contributed by atoms with Crippen LogP contribution in [0.25, 0.3) is 40.0 Å². The Hall–Kier alpha value is -7.72. The third kappa shape index (κ3) is 18.6. The summed E-state index contributed by atoms with van der Waals surface area (Å²) in [5.74, 6) is 2.21. The van der Waals surface area contributed by atoms with E-state index < -0.39 is 0 Å². The number of hydrogen-bond donors (Lipinski definition) is 0. The van der Waals surface area contributed by atoms with Crippen molar-refractivity contribution in [2.45, 2.75) is 95.2 Å². The zero-order valence-electron chi connectivity index (χ0n) is 47.2. The fourth-order valence-corrected chi connectivity index (χ4v) is 9.19. The van der Waals surface area contributed by atoms with Crippen LogP contribution in [-0.2, 0) is 6.32 Å². The summed E-state index contributed by atoms with van der Waals surface area (Å²) in [4.78, 5) is 0. The molecule has 0 unspecified atom stereocenters. The Labute approximate surface area is 456 Å². The molecule has 9 rings (SSSR count). The van der Waals surface area contributed by atoms with Crippen molar-refractivity contribution < 1.29 is 0 Å². The molecule has 1 aliphatic heterocycles. The van der Waals surface area contributed by atoms with Crippen LogP contribution >= 0.6 is 0 Å². The van der Waals surface area contributed by atoms with Crippen molar-refractivity contribution in [2.24, 2.45) is 0 Å². The van der Waals surface area contributed by atoms with Crippen LogP contribution in [0.1, 0.15) is 117 Å². The molecule has 7 aromatic rings. The van der Waals surface area contributed by atoms with E-state index in [1.807, 2.05) is 83.2 Å². The summed E-state index contributed by atoms with van der Waals surface area (Å²) in [6.45, 7) is 33.8. The molecule has 1 heterocycles. The molecule has 0 spiro atoms. The molecule has 0 radical (unpaired) electrons. The minimum absolute atomic E-state index is 0.533. The van der Waals surface area contributed by atoms with Gasteiger partial charge < -0.3 is 0 Å². The van der Waals surface area contributed by atoms with Crippen molar-refractivity contribution in [3.63, 3.8) is 0 Å². The predicted molar refractivity (Wildman–Crippen MR) is 343 cm³/mol. The molecule has 7 aromatic carbocycles. The molecule has 0 amide bonds. The monoisotopic (exact) mass is 981 g/mol. The second kappa shape index (κ2) is 34.7. The summed E-state index contributed by atoms with van der Waals surface area (Å²) in [6.07, 6.45) is 25.3. The van der Waals surface area contributed by atoms with Crippen molar-refractivity contribution in [3.05, 3.63) is 286 Å². The second-order valence-corrected chi connectivity index (χ2v) is 17.8. The molecule has 0 nitrogen and oxygen atoms in total. The number of aryl methyl sites for hydroxylation is 3. The van der Waals surface area contributed by atoms with Gasteiger partial charge in [0, 0.05) is 0 Å². The van der Waals surface area contributed by atoms with Crippen LogP contribution in [0, 0.1) is 33.6 Å². The molecule has 0 atom stereocenters. The molecular weight excluding hydrogens is 898 g/mol. The van der Waals surface area contributed by atoms with Gasteiger partial charge in [0.15, 0.2) is 0 Å². The zero-order chi connectivity index (χ0) is 55.0. The third-order valence-corrected chi connectivity index (χ3v) is 12.9. The quantitative estimate of drug-likeness (QED) is 0.0728. The van der Waals surface area contributed by atoms with Gasteiger partial charge in [-0.05, 0) is 61.4 Å². The van der Waals surface area contributed by atoms with Gasteiger partial charge in [-0.15, -0.1) is 12.8 Å². The number of benzene rings is 7. The van der Waals surface area contributed by atoms with E-state index in [1.165, 1.54) is 78.7 Å². The van der Waals surface area contributed by atoms with Crippen molar-refractivity contribution in [2.75, 3.05) is 0 Å². The number of terminal acetylenes is 1. The average molecular weight is 981 g/mol. The maximum absolute atomic E-state index is 4.29. The fraction of sp³-hybridized carbons (Fsp3) is 0.192. The van der Waals surface area contributed by atoms with Crippen molar-refractivity contribution in [1.82, 2.24) is 0 Å². The van der Waals surface area contributed by atoms with Crippen LogP contribution < -0.4 is 5.46 Å². The molecule has 0 saturated heterocycles. The van der Waals surface area contributed by atoms with Crippen LogP contribution in [0.15, 0.2) is 231 Å². The molecule has 2 aliphatic rings. The molecule has 75 heavy (non-hydrogen) atoms. The van der Waals surface area contributed by atoms with E-state index in [9.17, 15) is 0 Å². The average Bonchev–Trinajstić information content (AvgIpc) is 3.76. The Morgan fingerprint density at radius 2 is 1.16 bits per heavy atom. The Kier molecular flexibility index (Phi) is 28.5. The van der Waals surface area contributed by atoms with Gasteiger partial charge in [-0.3, -0.25) is 0 Å². The number of rotatable bonds is 10. The fourth-order valence-electron chi connectivity index (χ4n) is 9.19. The largest absolute Gasteiger partial charge is 0.207 e. The maximum Gasteiger partial charge on any atom is 0.207 e. The number of fused-ring (bicyclic) bond motifs is 2. The van der Waals surface area contributed by atoms with Crippen LogP contribution in [0.4, 0.5) is 0 Å². The summed E-state index contributed by atoms with van der Waals surface area (Å²) < 4.78 is 0. The SMILES string of the molecule is C#C.C=C(/C=C\c1ccccc1C)c1cccc(CB=Cc2cccc(-c3ccc(C)c(/C=C\C)c3)c2)c1.C=C/C=C\C.CB1C2=C(CCC(c3ccccc3C)=C2C)c2ccccc21.CC.CC.c1ccccc1. The molecule has 1 aliphatic carbocycles. The van der Waals surface area contributed by atoms with E-state index in [4.69, 9.17) is 0 Å². The van der Waals surface area contributed by atoms with Crippen LogP contribution in [0.3, 0.4) is 0 Å². The summed E-state index contributed by atoms with van der Waals surface area (Å²) in [5, 5.41) is 0. The first kappa shape index (κ1) is 61.6. The Bertz CT molecular complexity index is 3050. The summed E-state index contributed by atoms with van der Waals surface area (Å²) in [7, 11) is 0. The normalized spacial score (nSPS) is 11.9. The van der Waals surface area contributed by atoms with E-state index in [0.717, 1.165) is 23.9 Å². The van der Waals surface area contributed by atoms with E-state index in [0.29, 0.717) is 6.71 Å². The summed E-state index contributed by atoms with van der Waals surface area (Å²) in [6, 6.07) is 62.3. The summed E-state index contributed by atoms with van der Waals surface area (Å²) >= 11 is 0. The van der Waals surface area contributed by atoms with Crippen molar-refractivity contribution in [3.8, 4) is 24.0 Å². The van der Waals surface area contributed by atoms with Gasteiger partial charge in [-0.1, -0.05) is 161 Å². The first-order valence-electron chi connectivity index (χ1n) is 26.8. The van der Waals surface area contributed by atoms with Crippen molar-refractivity contribution >= 4 is 53.9 Å². The topological polar surface area (TPSA) is 0 Å². The van der Waals surface area contributed by atoms with E-state index in [-0.39, 0.29) is 0 Å². The maximum atomic E-state index is 4.29. The van der Waals surface area contributed by atoms with Crippen LogP contribution in [0.2, 0.25) is 6.82 Å². The number of allylic oxidation sites excluding steroid dienone is 10. The van der Waals surface area contributed by atoms with Gasteiger partial charge in [0.05, 0.1) is 0 Å². The minimum Gasteiger partial charge on any atom is -0.0991 e. The van der Waals surface area contributed by atoms with Crippen molar-refractivity contribution in [1.29, 1.82) is 0 Å². The zero-order valence-corrected chi connectivity index (χ0v) is 47.2. The molecule has 380 valence electrons. The van der Waals surface area contributed by atoms with Crippen LogP contribution in [-0.4, -0.2) is 19.6 Å². The molecular formula is C73H82B2. The molecule has 0 saturated carbocycles. The minimum atomic E-state index is 0.533. The standard InChI is InChI=1S/C35H33B.C21H21B.C6H6.C5H8.2C2H6.C2H2/c1-5-10-32-23-35(20-18-27(32)3)34-16-9-13-30(22-34)25-36-24-29-12-8-15-33(21-29)28(4)17-19-31-14-7-6-11-26(31)2;1-14-8-4-5-9-16(14)17-12-13-19-18-10-6-7-11-20(18)22(3)21(19)15(17)2;1-2-4-6-5-3-1;1-3-5-4-2;3*1-2/h5-23,25H,4,24H2,1-3H3;4-11H,12-13H2,1-3H3;1-6H;3-5H,1H2,2H3;2*1-2H3;1-2H/b10-5-,19-17-;;;5-4-;;;. The molecule has 0 N–H and O–H groups in total. The van der Waals surface area contributed by atoms with Gasteiger partial charge in [0.2, 0.25) is 6.71 Å². The smallest absolute Gasteiger partial charge is 0.0991 e. The van der Waals surface area contributed by atoms with E-state index in [2.05, 4.69) is 244 Å².